The molecule has 0 saturated carbocycles. The Balaban J connectivity index is 2.06. The van der Waals surface area contributed by atoms with Gasteiger partial charge in [-0.15, -0.1) is 0 Å². The first-order valence-electron chi connectivity index (χ1n) is 5.32. The molecular weight excluding hydrogens is 444 g/mol. The van der Waals surface area contributed by atoms with Crippen molar-refractivity contribution in [3.05, 3.63) is 64.6 Å². The van der Waals surface area contributed by atoms with Gasteiger partial charge < -0.3 is 0 Å². The van der Waals surface area contributed by atoms with Gasteiger partial charge in [-0.1, -0.05) is 0 Å². The van der Waals surface area contributed by atoms with Crippen molar-refractivity contribution >= 4 is 55.4 Å². The minimum atomic E-state index is -2.55. The van der Waals surface area contributed by atoms with Crippen molar-refractivity contribution in [2.45, 2.75) is 5.32 Å². The maximum absolute atomic E-state index is 14.7. The predicted octanol–water partition coefficient (Wildman–Crippen LogP) is 3.88. The second-order valence-corrected chi connectivity index (χ2v) is 18.4. The molecule has 2 aromatic rings. The van der Waals surface area contributed by atoms with Crippen molar-refractivity contribution < 1.29 is 4.20 Å². The van der Waals surface area contributed by atoms with Crippen molar-refractivity contribution in [1.82, 2.24) is 0 Å². The van der Waals surface area contributed by atoms with Crippen LogP contribution in [0.15, 0.2) is 59.1 Å². The Morgan fingerprint density at radius 1 is 1.06 bits per heavy atom. The Kier molecular flexibility index (Phi) is 5.45. The number of rotatable bonds is 4. The molecule has 2 rings (SSSR count). The van der Waals surface area contributed by atoms with Crippen LogP contribution in [0.25, 0.3) is 0 Å². The van der Waals surface area contributed by atoms with Gasteiger partial charge in [-0.3, -0.25) is 0 Å². The molecular formula is C13H11BrFPSe2. The Labute approximate surface area is 129 Å². The SMILES string of the molecule is FP(=[Se])([Se]Cc1ccc(Br)cc1)c1ccccc1. The summed E-state index contributed by atoms with van der Waals surface area (Å²) >= 11 is 6.17. The van der Waals surface area contributed by atoms with E-state index < -0.39 is 4.51 Å². The van der Waals surface area contributed by atoms with Crippen LogP contribution in [0.2, 0.25) is 0 Å². The van der Waals surface area contributed by atoms with Crippen LogP contribution in [0.1, 0.15) is 5.56 Å². The quantitative estimate of drug-likeness (QED) is 0.486. The van der Waals surface area contributed by atoms with E-state index in [9.17, 15) is 4.20 Å². The molecule has 0 N–H and O–H groups in total. The summed E-state index contributed by atoms with van der Waals surface area (Å²) in [5, 5.41) is 1.66. The van der Waals surface area contributed by atoms with Crippen molar-refractivity contribution in [1.29, 1.82) is 0 Å². The summed E-state index contributed by atoms with van der Waals surface area (Å²) < 4.78 is 13.2. The fourth-order valence-electron chi connectivity index (χ4n) is 1.42. The van der Waals surface area contributed by atoms with Crippen molar-refractivity contribution in [3.63, 3.8) is 0 Å². The van der Waals surface area contributed by atoms with Crippen molar-refractivity contribution in [3.8, 4) is 0 Å². The number of halogens is 2. The summed E-state index contributed by atoms with van der Waals surface area (Å²) in [4.78, 5) is 0. The van der Waals surface area contributed by atoms with E-state index in [1.807, 2.05) is 42.5 Å². The summed E-state index contributed by atoms with van der Waals surface area (Å²) in [5.41, 5.74) is 1.20. The first-order chi connectivity index (χ1) is 8.58. The molecule has 0 aliphatic heterocycles. The van der Waals surface area contributed by atoms with E-state index >= 15 is 0 Å². The average molecular weight is 455 g/mol. The molecule has 0 saturated heterocycles. The van der Waals surface area contributed by atoms with Crippen molar-refractivity contribution in [2.24, 2.45) is 0 Å². The molecule has 0 bridgehead atoms. The standard InChI is InChI=1S/C13H11BrFPSe2/c14-12-8-6-11(7-9-12)10-18-16(15,17)13-4-2-1-3-5-13/h1-9H,10H2. The molecule has 2 aromatic carbocycles. The second-order valence-electron chi connectivity index (χ2n) is 3.72. The Morgan fingerprint density at radius 2 is 1.67 bits per heavy atom. The molecule has 1 unspecified atom stereocenters. The molecule has 0 fully saturated rings. The van der Waals surface area contributed by atoms with Crippen LogP contribution in [-0.2, 0) is 5.32 Å². The number of benzene rings is 2. The van der Waals surface area contributed by atoms with Gasteiger partial charge in [-0.2, -0.15) is 0 Å². The molecule has 1 atom stereocenters. The molecule has 18 heavy (non-hydrogen) atoms. The molecule has 0 aliphatic rings. The van der Waals surface area contributed by atoms with Gasteiger partial charge in [-0.25, -0.2) is 0 Å². The van der Waals surface area contributed by atoms with Gasteiger partial charge in [0, 0.05) is 0 Å². The van der Waals surface area contributed by atoms with Crippen LogP contribution in [0.3, 0.4) is 0 Å². The van der Waals surface area contributed by atoms with Gasteiger partial charge in [0.05, 0.1) is 0 Å². The van der Waals surface area contributed by atoms with Gasteiger partial charge in [-0.05, 0) is 0 Å². The van der Waals surface area contributed by atoms with Gasteiger partial charge in [0.25, 0.3) is 0 Å². The third kappa shape index (κ3) is 4.17. The van der Waals surface area contributed by atoms with Crippen LogP contribution in [0.5, 0.6) is 0 Å². The van der Waals surface area contributed by atoms with Gasteiger partial charge in [0.2, 0.25) is 0 Å². The van der Waals surface area contributed by atoms with Crippen LogP contribution >= 0.6 is 20.4 Å². The topological polar surface area (TPSA) is 0 Å². The summed E-state index contributed by atoms with van der Waals surface area (Å²) in [6, 6.07) is 17.6. The Hall–Kier alpha value is 0.319. The Morgan fingerprint density at radius 3 is 2.28 bits per heavy atom. The van der Waals surface area contributed by atoms with Crippen LogP contribution in [-0.4, -0.2) is 29.6 Å². The van der Waals surface area contributed by atoms with E-state index in [4.69, 9.17) is 0 Å². The van der Waals surface area contributed by atoms with Crippen LogP contribution in [0, 0.1) is 0 Å². The molecule has 5 heteroatoms. The third-order valence-corrected chi connectivity index (χ3v) is 14.0. The predicted molar refractivity (Wildman–Crippen MR) is 83.5 cm³/mol. The monoisotopic (exact) mass is 456 g/mol. The summed E-state index contributed by atoms with van der Waals surface area (Å²) in [6.07, 6.45) is 0. The third-order valence-electron chi connectivity index (χ3n) is 2.38. The maximum atomic E-state index is 14.7. The zero-order valence-corrected chi connectivity index (χ0v) is 15.3. The second kappa shape index (κ2) is 6.66. The van der Waals surface area contributed by atoms with E-state index in [0.29, 0.717) is 0 Å². The summed E-state index contributed by atoms with van der Waals surface area (Å²) in [7, 11) is 0. The fourth-order valence-corrected chi connectivity index (χ4v) is 9.26. The first-order valence-corrected chi connectivity index (χ1v) is 13.4. The zero-order chi connectivity index (χ0) is 13.0. The molecule has 0 amide bonds. The molecule has 0 aliphatic carbocycles. The minimum absolute atomic E-state index is 0.0534. The number of hydrogen-bond donors (Lipinski definition) is 0. The normalized spacial score (nSPS) is 14.1. The van der Waals surface area contributed by atoms with Gasteiger partial charge in [0.1, 0.15) is 0 Å². The van der Waals surface area contributed by atoms with Crippen molar-refractivity contribution in [2.75, 3.05) is 0 Å². The summed E-state index contributed by atoms with van der Waals surface area (Å²) in [5.74, 6) is 0. The van der Waals surface area contributed by atoms with Crippen LogP contribution < -0.4 is 5.30 Å². The van der Waals surface area contributed by atoms with E-state index in [1.165, 1.54) is 5.56 Å². The van der Waals surface area contributed by atoms with Gasteiger partial charge >= 0.3 is 130 Å². The van der Waals surface area contributed by atoms with E-state index in [0.717, 1.165) is 15.1 Å². The average Bonchev–Trinajstić information content (AvgIpc) is 2.39. The van der Waals surface area contributed by atoms with E-state index in [1.54, 1.807) is 0 Å². The number of hydrogen-bond acceptors (Lipinski definition) is 0. The van der Waals surface area contributed by atoms with Gasteiger partial charge in [0.15, 0.2) is 0 Å². The molecule has 0 spiro atoms. The molecule has 0 nitrogen and oxygen atoms in total. The Bertz CT molecular complexity index is 557. The molecule has 0 heterocycles. The summed E-state index contributed by atoms with van der Waals surface area (Å²) in [6.45, 7) is 0. The van der Waals surface area contributed by atoms with Crippen LogP contribution in [0.4, 0.5) is 4.20 Å². The first kappa shape index (κ1) is 14.7. The van der Waals surface area contributed by atoms with E-state index in [-0.39, 0.29) is 14.5 Å². The molecule has 0 radical (unpaired) electrons. The molecule has 94 valence electrons. The van der Waals surface area contributed by atoms with E-state index in [2.05, 4.69) is 43.2 Å². The zero-order valence-electron chi connectivity index (χ0n) is 9.42. The fraction of sp³-hybridized carbons (Fsp3) is 0.0769. The molecule has 0 aromatic heterocycles.